The van der Waals surface area contributed by atoms with E-state index >= 15 is 0 Å². The van der Waals surface area contributed by atoms with E-state index in [0.29, 0.717) is 44.1 Å². The lowest BCUT2D eigenvalue weighted by Crippen LogP contribution is -2.33. The largest absolute Gasteiger partial charge is 0.481 e. The van der Waals surface area contributed by atoms with Gasteiger partial charge in [0.25, 0.3) is 0 Å². The monoisotopic (exact) mass is 532 g/mol. The van der Waals surface area contributed by atoms with Crippen LogP contribution in [0.4, 0.5) is 11.4 Å². The summed E-state index contributed by atoms with van der Waals surface area (Å²) >= 11 is 16.7. The molecule has 2 unspecified atom stereocenters. The second-order valence-corrected chi connectivity index (χ2v) is 10.2. The summed E-state index contributed by atoms with van der Waals surface area (Å²) in [4.78, 5) is 24.0. The molecule has 3 aromatic rings. The molecule has 1 fully saturated rings. The van der Waals surface area contributed by atoms with Crippen LogP contribution in [0.2, 0.25) is 5.02 Å². The Labute approximate surface area is 218 Å². The summed E-state index contributed by atoms with van der Waals surface area (Å²) in [6, 6.07) is 11.1. The number of carbonyl (C=O) groups is 2. The third kappa shape index (κ3) is 5.40. The van der Waals surface area contributed by atoms with E-state index in [2.05, 4.69) is 15.5 Å². The van der Waals surface area contributed by atoms with Crippen LogP contribution in [-0.4, -0.2) is 50.9 Å². The van der Waals surface area contributed by atoms with Crippen molar-refractivity contribution in [3.63, 3.8) is 0 Å². The van der Waals surface area contributed by atoms with Gasteiger partial charge in [-0.05, 0) is 74.7 Å². The number of anilines is 1. The lowest BCUT2D eigenvalue weighted by atomic mass is 10.1. The molecule has 4 rings (SSSR count). The molecule has 35 heavy (non-hydrogen) atoms. The first-order chi connectivity index (χ1) is 16.6. The van der Waals surface area contributed by atoms with E-state index in [1.54, 1.807) is 16.7 Å². The highest BCUT2D eigenvalue weighted by Gasteiger charge is 2.58. The molecule has 184 valence electrons. The molecule has 1 amide bonds. The van der Waals surface area contributed by atoms with Crippen molar-refractivity contribution in [3.8, 4) is 5.69 Å². The Balaban J connectivity index is 1.40. The molecule has 0 spiro atoms. The van der Waals surface area contributed by atoms with Gasteiger partial charge in [-0.2, -0.15) is 0 Å². The number of aromatic nitrogens is 3. The topological polar surface area (TPSA) is 103 Å². The van der Waals surface area contributed by atoms with Crippen molar-refractivity contribution in [1.29, 1.82) is 0 Å². The molecule has 2 heterocycles. The molecule has 2 aromatic carbocycles. The van der Waals surface area contributed by atoms with Gasteiger partial charge >= 0.3 is 5.97 Å². The molecule has 1 aromatic heterocycles. The zero-order chi connectivity index (χ0) is 25.3. The van der Waals surface area contributed by atoms with Crippen molar-refractivity contribution in [2.45, 2.75) is 39.2 Å². The molecule has 2 atom stereocenters. The maximum atomic E-state index is 12.6. The van der Waals surface area contributed by atoms with Gasteiger partial charge in [0.1, 0.15) is 18.7 Å². The number of H-pyrrole nitrogens is 2. The van der Waals surface area contributed by atoms with Gasteiger partial charge in [-0.25, -0.2) is 0 Å². The fourth-order valence-electron chi connectivity index (χ4n) is 5.02. The molecule has 1 aliphatic heterocycles. The van der Waals surface area contributed by atoms with Crippen LogP contribution in [-0.2, 0) is 9.59 Å². The standard InChI is InChI=1S/C24H26ClN5O3S2/c1-14-10-16(25)11-15(2)22(14)30(13-19(30)12-21(32)33)9-3-4-20(31)26-17-5-7-18(8-6-17)29-23(34)27-28-24(29)35/h5-8,10-11,19H,3-4,9,12-13H2,1-2H3,(H3-,26,27,28,31,32,33,34,35)/p+1. The Morgan fingerprint density at radius 2 is 1.74 bits per heavy atom. The third-order valence-corrected chi connectivity index (χ3v) is 7.25. The van der Waals surface area contributed by atoms with Crippen LogP contribution in [0.3, 0.4) is 0 Å². The number of carbonyl (C=O) groups excluding carboxylic acids is 1. The molecule has 1 aliphatic rings. The molecule has 0 bridgehead atoms. The van der Waals surface area contributed by atoms with Crippen LogP contribution in [0.1, 0.15) is 30.4 Å². The first kappa shape index (κ1) is 25.3. The van der Waals surface area contributed by atoms with Gasteiger partial charge in [-0.15, -0.1) is 0 Å². The second-order valence-electron chi connectivity index (χ2n) is 8.97. The first-order valence-electron chi connectivity index (χ1n) is 11.3. The Kier molecular flexibility index (Phi) is 7.27. The Hall–Kier alpha value is -2.79. The van der Waals surface area contributed by atoms with Gasteiger partial charge < -0.3 is 10.4 Å². The van der Waals surface area contributed by atoms with Crippen molar-refractivity contribution < 1.29 is 14.7 Å². The number of carboxylic acids is 1. The van der Waals surface area contributed by atoms with Gasteiger partial charge in [0, 0.05) is 34.7 Å². The van der Waals surface area contributed by atoms with Crippen LogP contribution in [0.25, 0.3) is 5.69 Å². The summed E-state index contributed by atoms with van der Waals surface area (Å²) in [6.45, 7) is 5.46. The number of quaternary nitrogens is 1. The van der Waals surface area contributed by atoms with Crippen molar-refractivity contribution in [2.75, 3.05) is 18.4 Å². The zero-order valence-corrected chi connectivity index (χ0v) is 21.8. The van der Waals surface area contributed by atoms with Crippen LogP contribution >= 0.6 is 36.0 Å². The first-order valence-corrected chi connectivity index (χ1v) is 12.5. The quantitative estimate of drug-likeness (QED) is 0.167. The minimum absolute atomic E-state index is 0.00778. The number of aromatic amines is 2. The Morgan fingerprint density at radius 3 is 2.31 bits per heavy atom. The summed E-state index contributed by atoms with van der Waals surface area (Å²) < 4.78 is 3.20. The molecule has 8 nitrogen and oxygen atoms in total. The number of hydrogen-bond acceptors (Lipinski definition) is 4. The fraction of sp³-hybridized carbons (Fsp3) is 0.333. The zero-order valence-electron chi connectivity index (χ0n) is 19.4. The lowest BCUT2D eigenvalue weighted by Gasteiger charge is -2.24. The summed E-state index contributed by atoms with van der Waals surface area (Å²) in [7, 11) is 0. The normalized spacial score (nSPS) is 18.9. The fourth-order valence-corrected chi connectivity index (χ4v) is 5.90. The number of rotatable bonds is 9. The average Bonchev–Trinajstić information content (AvgIpc) is 3.32. The van der Waals surface area contributed by atoms with Crippen molar-refractivity contribution in [2.24, 2.45) is 0 Å². The summed E-state index contributed by atoms with van der Waals surface area (Å²) in [5, 5.41) is 18.6. The highest BCUT2D eigenvalue weighted by molar-refractivity contribution is 7.72. The van der Waals surface area contributed by atoms with E-state index in [0.717, 1.165) is 29.0 Å². The van der Waals surface area contributed by atoms with Crippen molar-refractivity contribution in [1.82, 2.24) is 19.2 Å². The molecular formula is C24H27ClN5O3S2+. The van der Waals surface area contributed by atoms with E-state index in [4.69, 9.17) is 36.0 Å². The molecule has 4 N–H and O–H groups in total. The minimum Gasteiger partial charge on any atom is -0.481 e. The highest BCUT2D eigenvalue weighted by Crippen LogP contribution is 2.45. The number of benzene rings is 2. The second kappa shape index (κ2) is 10.1. The van der Waals surface area contributed by atoms with E-state index in [1.165, 1.54) is 0 Å². The van der Waals surface area contributed by atoms with Gasteiger partial charge in [-0.1, -0.05) is 11.6 Å². The predicted octanol–water partition coefficient (Wildman–Crippen LogP) is 5.45. The van der Waals surface area contributed by atoms with Crippen LogP contribution in [0, 0.1) is 23.4 Å². The Morgan fingerprint density at radius 1 is 1.14 bits per heavy atom. The Bertz CT molecular complexity index is 1340. The number of amides is 1. The number of aliphatic carboxylic acids is 1. The number of aryl methyl sites for hydroxylation is 2. The van der Waals surface area contributed by atoms with E-state index in [1.807, 2.05) is 38.1 Å². The van der Waals surface area contributed by atoms with Crippen LogP contribution < -0.4 is 9.80 Å². The molecule has 11 heteroatoms. The minimum atomic E-state index is -0.803. The van der Waals surface area contributed by atoms with E-state index in [-0.39, 0.29) is 18.4 Å². The maximum Gasteiger partial charge on any atom is 0.309 e. The SMILES string of the molecule is Cc1cc(Cl)cc(C)c1[N+]1(CCCC(=O)Nc2ccc(-n3c(=S)[nH][nH]c3=S)cc2)CC1CC(=O)O. The van der Waals surface area contributed by atoms with Gasteiger partial charge in [0.15, 0.2) is 15.6 Å². The number of halogens is 1. The van der Waals surface area contributed by atoms with E-state index in [9.17, 15) is 14.7 Å². The summed E-state index contributed by atoms with van der Waals surface area (Å²) in [5.74, 6) is -0.893. The highest BCUT2D eigenvalue weighted by atomic mass is 35.5. The summed E-state index contributed by atoms with van der Waals surface area (Å²) in [5.41, 5.74) is 4.70. The smallest absolute Gasteiger partial charge is 0.309 e. The molecular weight excluding hydrogens is 506 g/mol. The van der Waals surface area contributed by atoms with Crippen molar-refractivity contribution >= 4 is 59.3 Å². The summed E-state index contributed by atoms with van der Waals surface area (Å²) in [6.07, 6.45) is 1.07. The lowest BCUT2D eigenvalue weighted by molar-refractivity contribution is -0.137. The molecule has 0 radical (unpaired) electrons. The number of carboxylic acid groups (broad SMARTS) is 1. The van der Waals surface area contributed by atoms with Gasteiger partial charge in [-0.3, -0.25) is 28.8 Å². The van der Waals surface area contributed by atoms with Crippen LogP contribution in [0.15, 0.2) is 36.4 Å². The van der Waals surface area contributed by atoms with Crippen LogP contribution in [0.5, 0.6) is 0 Å². The number of nitrogens with one attached hydrogen (secondary N) is 3. The van der Waals surface area contributed by atoms with Crippen molar-refractivity contribution in [3.05, 3.63) is 62.1 Å². The predicted molar refractivity (Wildman–Crippen MR) is 142 cm³/mol. The number of nitrogens with zero attached hydrogens (tertiary/aromatic N) is 2. The van der Waals surface area contributed by atoms with Gasteiger partial charge in [0.05, 0.1) is 12.2 Å². The molecule has 0 saturated carbocycles. The molecule has 1 saturated heterocycles. The average molecular weight is 533 g/mol. The maximum absolute atomic E-state index is 12.6. The van der Waals surface area contributed by atoms with E-state index < -0.39 is 5.97 Å². The van der Waals surface area contributed by atoms with Gasteiger partial charge in [0.2, 0.25) is 5.91 Å². The molecule has 0 aliphatic carbocycles. The number of hydrogen-bond donors (Lipinski definition) is 4. The third-order valence-electron chi connectivity index (χ3n) is 6.47.